The van der Waals surface area contributed by atoms with Crippen LogP contribution >= 0.6 is 0 Å². The lowest BCUT2D eigenvalue weighted by Crippen LogP contribution is -2.33. The monoisotopic (exact) mass is 383 g/mol. The van der Waals surface area contributed by atoms with Crippen LogP contribution in [0.25, 0.3) is 0 Å². The number of carbonyl (C=O) groups is 2. The van der Waals surface area contributed by atoms with Crippen molar-refractivity contribution in [3.63, 3.8) is 0 Å². The number of likely N-dealkylation sites (N-methyl/N-ethyl adjacent to an activating group) is 1. The number of amides is 2. The predicted octanol–water partition coefficient (Wildman–Crippen LogP) is 3.97. The van der Waals surface area contributed by atoms with Gasteiger partial charge in [-0.15, -0.1) is 0 Å². The summed E-state index contributed by atoms with van der Waals surface area (Å²) in [6.45, 7) is 7.32. The van der Waals surface area contributed by atoms with E-state index in [-0.39, 0.29) is 17.7 Å². The minimum absolute atomic E-state index is 0.0510. The fourth-order valence-electron chi connectivity index (χ4n) is 3.43. The molecule has 152 valence electrons. The normalized spacial score (nSPS) is 11.9. The predicted molar refractivity (Wildman–Crippen MR) is 113 cm³/mol. The van der Waals surface area contributed by atoms with Crippen LogP contribution in [0.15, 0.2) is 36.5 Å². The zero-order valence-corrected chi connectivity index (χ0v) is 18.0. The van der Waals surface area contributed by atoms with Crippen molar-refractivity contribution in [1.29, 1.82) is 0 Å². The number of unbranched alkanes of at least 4 members (excludes halogenated alkanes) is 1. The Kier molecular flexibility index (Phi) is 7.44. The second-order valence-electron chi connectivity index (χ2n) is 7.68. The third kappa shape index (κ3) is 5.03. The Balaban J connectivity index is 2.19. The van der Waals surface area contributed by atoms with Gasteiger partial charge in [-0.05, 0) is 43.5 Å². The maximum Gasteiger partial charge on any atom is 0.254 e. The Morgan fingerprint density at radius 3 is 2.43 bits per heavy atom. The van der Waals surface area contributed by atoms with Crippen LogP contribution < -0.4 is 0 Å². The van der Waals surface area contributed by atoms with Crippen molar-refractivity contribution in [3.8, 4) is 0 Å². The minimum Gasteiger partial charge on any atom is -0.354 e. The summed E-state index contributed by atoms with van der Waals surface area (Å²) in [6, 6.07) is 9.55. The number of hydrogen-bond donors (Lipinski definition) is 0. The molecule has 0 fully saturated rings. The summed E-state index contributed by atoms with van der Waals surface area (Å²) in [4.78, 5) is 29.4. The molecule has 5 heteroatoms. The van der Waals surface area contributed by atoms with Crippen LogP contribution in [0.1, 0.15) is 59.8 Å². The minimum atomic E-state index is -0.352. The van der Waals surface area contributed by atoms with Gasteiger partial charge in [-0.3, -0.25) is 9.59 Å². The van der Waals surface area contributed by atoms with Gasteiger partial charge in [0.25, 0.3) is 5.91 Å². The number of carbonyl (C=O) groups excluding carboxylic acids is 2. The van der Waals surface area contributed by atoms with E-state index in [2.05, 4.69) is 17.6 Å². The van der Waals surface area contributed by atoms with Crippen LogP contribution in [0.5, 0.6) is 0 Å². The quantitative estimate of drug-likeness (QED) is 0.692. The molecule has 0 N–H and O–H groups in total. The molecular weight excluding hydrogens is 350 g/mol. The summed E-state index contributed by atoms with van der Waals surface area (Å²) in [7, 11) is 5.64. The lowest BCUT2D eigenvalue weighted by atomic mass is 9.93. The standard InChI is InChI=1S/C23H33N3O2/c1-7-8-13-24(4)22(27)18(3)20-11-9-10-12-21(20)23(28)26(6)16-19-14-17(2)25(5)15-19/h9-12,14-15,18H,7-8,13,16H2,1-6H3. The molecule has 1 unspecified atom stereocenters. The van der Waals surface area contributed by atoms with Gasteiger partial charge in [-0.1, -0.05) is 31.5 Å². The number of aromatic nitrogens is 1. The SMILES string of the molecule is CCCCN(C)C(=O)C(C)c1ccccc1C(=O)N(C)Cc1cc(C)n(C)c1. The van der Waals surface area contributed by atoms with Crippen molar-refractivity contribution in [2.75, 3.05) is 20.6 Å². The lowest BCUT2D eigenvalue weighted by molar-refractivity contribution is -0.131. The molecule has 1 atom stereocenters. The summed E-state index contributed by atoms with van der Waals surface area (Å²) in [6.07, 6.45) is 4.07. The van der Waals surface area contributed by atoms with Crippen molar-refractivity contribution < 1.29 is 9.59 Å². The van der Waals surface area contributed by atoms with Gasteiger partial charge in [0.1, 0.15) is 0 Å². The van der Waals surface area contributed by atoms with E-state index in [1.807, 2.05) is 58.4 Å². The molecule has 0 aliphatic rings. The molecule has 1 heterocycles. The van der Waals surface area contributed by atoms with Gasteiger partial charge in [0.05, 0.1) is 5.92 Å². The van der Waals surface area contributed by atoms with Crippen LogP contribution in [0.4, 0.5) is 0 Å². The molecule has 0 aliphatic heterocycles. The summed E-state index contributed by atoms with van der Waals surface area (Å²) >= 11 is 0. The van der Waals surface area contributed by atoms with E-state index in [1.54, 1.807) is 16.8 Å². The van der Waals surface area contributed by atoms with Crippen LogP contribution in [0, 0.1) is 6.92 Å². The van der Waals surface area contributed by atoms with E-state index >= 15 is 0 Å². The molecule has 28 heavy (non-hydrogen) atoms. The first kappa shape index (κ1) is 21.7. The molecule has 0 saturated heterocycles. The molecule has 0 bridgehead atoms. The Labute approximate surface area is 168 Å². The second kappa shape index (κ2) is 9.58. The zero-order valence-electron chi connectivity index (χ0n) is 18.0. The molecule has 0 radical (unpaired) electrons. The highest BCUT2D eigenvalue weighted by Gasteiger charge is 2.25. The van der Waals surface area contributed by atoms with Crippen molar-refractivity contribution in [2.45, 2.75) is 46.1 Å². The Bertz CT molecular complexity index is 806. The van der Waals surface area contributed by atoms with Gasteiger partial charge in [0.2, 0.25) is 5.91 Å². The third-order valence-electron chi connectivity index (χ3n) is 5.33. The number of hydrogen-bond acceptors (Lipinski definition) is 2. The highest BCUT2D eigenvalue weighted by Crippen LogP contribution is 2.24. The number of benzene rings is 1. The van der Waals surface area contributed by atoms with Crippen LogP contribution in [-0.4, -0.2) is 46.8 Å². The topological polar surface area (TPSA) is 45.6 Å². The van der Waals surface area contributed by atoms with Crippen molar-refractivity contribution in [3.05, 3.63) is 58.9 Å². The number of aryl methyl sites for hydroxylation is 2. The van der Waals surface area contributed by atoms with E-state index in [0.717, 1.165) is 36.2 Å². The van der Waals surface area contributed by atoms with E-state index in [1.165, 1.54) is 0 Å². The van der Waals surface area contributed by atoms with E-state index < -0.39 is 0 Å². The fraction of sp³-hybridized carbons (Fsp3) is 0.478. The van der Waals surface area contributed by atoms with E-state index in [9.17, 15) is 9.59 Å². The molecule has 2 aromatic rings. The van der Waals surface area contributed by atoms with Gasteiger partial charge >= 0.3 is 0 Å². The molecule has 1 aromatic carbocycles. The van der Waals surface area contributed by atoms with Gasteiger partial charge in [0, 0.05) is 51.7 Å². The average molecular weight is 384 g/mol. The van der Waals surface area contributed by atoms with Crippen molar-refractivity contribution in [2.24, 2.45) is 7.05 Å². The van der Waals surface area contributed by atoms with Crippen molar-refractivity contribution >= 4 is 11.8 Å². The summed E-state index contributed by atoms with van der Waals surface area (Å²) in [5.41, 5.74) is 3.64. The summed E-state index contributed by atoms with van der Waals surface area (Å²) in [5, 5.41) is 0. The first-order chi connectivity index (χ1) is 13.3. The summed E-state index contributed by atoms with van der Waals surface area (Å²) in [5.74, 6) is -0.364. The third-order valence-corrected chi connectivity index (χ3v) is 5.33. The first-order valence-electron chi connectivity index (χ1n) is 9.97. The first-order valence-corrected chi connectivity index (χ1v) is 9.97. The maximum atomic E-state index is 13.1. The van der Waals surface area contributed by atoms with Crippen molar-refractivity contribution in [1.82, 2.24) is 14.4 Å². The lowest BCUT2D eigenvalue weighted by Gasteiger charge is -2.24. The number of rotatable bonds is 8. The highest BCUT2D eigenvalue weighted by atomic mass is 16.2. The van der Waals surface area contributed by atoms with Crippen LogP contribution in [0.3, 0.4) is 0 Å². The highest BCUT2D eigenvalue weighted by molar-refractivity contribution is 5.97. The fourth-order valence-corrected chi connectivity index (χ4v) is 3.43. The summed E-state index contributed by atoms with van der Waals surface area (Å²) < 4.78 is 2.05. The molecule has 0 spiro atoms. The molecule has 0 aliphatic carbocycles. The van der Waals surface area contributed by atoms with Crippen LogP contribution in [-0.2, 0) is 18.4 Å². The van der Waals surface area contributed by atoms with E-state index in [0.29, 0.717) is 12.1 Å². The molecular formula is C23H33N3O2. The molecule has 2 amide bonds. The average Bonchev–Trinajstić information content (AvgIpc) is 3.01. The van der Waals surface area contributed by atoms with Gasteiger partial charge < -0.3 is 14.4 Å². The Morgan fingerprint density at radius 1 is 1.14 bits per heavy atom. The molecule has 0 saturated carbocycles. The molecule has 1 aromatic heterocycles. The Morgan fingerprint density at radius 2 is 1.82 bits per heavy atom. The van der Waals surface area contributed by atoms with E-state index in [4.69, 9.17) is 0 Å². The maximum absolute atomic E-state index is 13.1. The smallest absolute Gasteiger partial charge is 0.254 e. The second-order valence-corrected chi connectivity index (χ2v) is 7.68. The largest absolute Gasteiger partial charge is 0.354 e. The molecule has 5 nitrogen and oxygen atoms in total. The zero-order chi connectivity index (χ0) is 20.8. The van der Waals surface area contributed by atoms with Gasteiger partial charge in [0.15, 0.2) is 0 Å². The van der Waals surface area contributed by atoms with Gasteiger partial charge in [-0.2, -0.15) is 0 Å². The molecule has 2 rings (SSSR count). The Hall–Kier alpha value is -2.56. The van der Waals surface area contributed by atoms with Crippen LogP contribution in [0.2, 0.25) is 0 Å². The van der Waals surface area contributed by atoms with Gasteiger partial charge in [-0.25, -0.2) is 0 Å². The number of nitrogens with zero attached hydrogens (tertiary/aromatic N) is 3.